The number of carboxylic acids is 1. The van der Waals surface area contributed by atoms with Crippen molar-refractivity contribution in [2.45, 2.75) is 46.5 Å². The van der Waals surface area contributed by atoms with Crippen LogP contribution in [0.15, 0.2) is 58.7 Å². The molecule has 2 nitrogen and oxygen atoms in total. The van der Waals surface area contributed by atoms with E-state index in [9.17, 15) is 4.79 Å². The molecule has 1 N–H and O–H groups in total. The van der Waals surface area contributed by atoms with E-state index in [0.717, 1.165) is 11.1 Å². The van der Waals surface area contributed by atoms with E-state index in [1.54, 1.807) is 13.0 Å². The van der Waals surface area contributed by atoms with Gasteiger partial charge in [-0.2, -0.15) is 0 Å². The van der Waals surface area contributed by atoms with Gasteiger partial charge in [-0.3, -0.25) is 0 Å². The summed E-state index contributed by atoms with van der Waals surface area (Å²) in [6.07, 6.45) is 16.2. The van der Waals surface area contributed by atoms with Gasteiger partial charge in [0.1, 0.15) is 0 Å². The maximum atomic E-state index is 10.5. The Morgan fingerprint density at radius 1 is 1.10 bits per heavy atom. The number of hydrogen-bond acceptors (Lipinski definition) is 1. The zero-order valence-electron chi connectivity index (χ0n) is 12.6. The summed E-state index contributed by atoms with van der Waals surface area (Å²) in [6, 6.07) is 0. The first-order chi connectivity index (χ1) is 9.49. The van der Waals surface area contributed by atoms with E-state index in [1.807, 2.05) is 12.2 Å². The van der Waals surface area contributed by atoms with Gasteiger partial charge in [0.25, 0.3) is 0 Å². The van der Waals surface area contributed by atoms with Crippen LogP contribution in [0.3, 0.4) is 0 Å². The Hall–Kier alpha value is -1.83. The number of carboxylic acid groups (broad SMARTS) is 1. The molecule has 1 aliphatic carbocycles. The zero-order chi connectivity index (χ0) is 15.0. The Bertz CT molecular complexity index is 500. The highest BCUT2D eigenvalue weighted by atomic mass is 16.4. The van der Waals surface area contributed by atoms with E-state index in [1.165, 1.54) is 42.9 Å². The summed E-state index contributed by atoms with van der Waals surface area (Å²) in [5.74, 6) is -0.910. The van der Waals surface area contributed by atoms with Gasteiger partial charge in [0.05, 0.1) is 0 Å². The van der Waals surface area contributed by atoms with E-state index in [0.29, 0.717) is 0 Å². The summed E-state index contributed by atoms with van der Waals surface area (Å²) in [5.41, 5.74) is 4.87. The molecule has 108 valence electrons. The molecule has 0 aromatic rings. The second-order valence-corrected chi connectivity index (χ2v) is 5.34. The maximum absolute atomic E-state index is 10.5. The van der Waals surface area contributed by atoms with Crippen LogP contribution in [-0.4, -0.2) is 11.1 Å². The van der Waals surface area contributed by atoms with Gasteiger partial charge in [0.2, 0.25) is 0 Å². The highest BCUT2D eigenvalue weighted by Crippen LogP contribution is 2.25. The lowest BCUT2D eigenvalue weighted by atomic mass is 9.92. The van der Waals surface area contributed by atoms with Crippen molar-refractivity contribution in [3.8, 4) is 0 Å². The summed E-state index contributed by atoms with van der Waals surface area (Å²) >= 11 is 0. The fraction of sp³-hybridized carbons (Fsp3) is 0.389. The summed E-state index contributed by atoms with van der Waals surface area (Å²) in [6.45, 7) is 6.05. The van der Waals surface area contributed by atoms with Crippen LogP contribution in [0.25, 0.3) is 0 Å². The molecule has 20 heavy (non-hydrogen) atoms. The minimum absolute atomic E-state index is 0.733. The lowest BCUT2D eigenvalue weighted by Gasteiger charge is -2.14. The first kappa shape index (κ1) is 16.2. The molecular weight excluding hydrogens is 248 g/mol. The number of rotatable bonds is 5. The van der Waals surface area contributed by atoms with Crippen molar-refractivity contribution in [2.75, 3.05) is 0 Å². The Kier molecular flexibility index (Phi) is 6.78. The molecule has 0 saturated carbocycles. The van der Waals surface area contributed by atoms with Gasteiger partial charge >= 0.3 is 5.97 Å². The van der Waals surface area contributed by atoms with Crippen LogP contribution in [0.2, 0.25) is 0 Å². The summed E-state index contributed by atoms with van der Waals surface area (Å²) in [4.78, 5) is 10.5. The van der Waals surface area contributed by atoms with E-state index >= 15 is 0 Å². The van der Waals surface area contributed by atoms with E-state index in [-0.39, 0.29) is 0 Å². The average molecular weight is 272 g/mol. The molecular formula is C18H24O2. The second-order valence-electron chi connectivity index (χ2n) is 5.34. The van der Waals surface area contributed by atoms with Crippen LogP contribution in [0.4, 0.5) is 0 Å². The minimum Gasteiger partial charge on any atom is -0.478 e. The monoisotopic (exact) mass is 272 g/mol. The van der Waals surface area contributed by atoms with Gasteiger partial charge < -0.3 is 5.11 Å². The molecule has 0 fully saturated rings. The Labute approximate surface area is 121 Å². The minimum atomic E-state index is -0.910. The van der Waals surface area contributed by atoms with E-state index in [4.69, 9.17) is 5.11 Å². The lowest BCUT2D eigenvalue weighted by Crippen LogP contribution is -1.94. The van der Waals surface area contributed by atoms with E-state index < -0.39 is 5.97 Å². The molecule has 0 aromatic carbocycles. The third-order valence-corrected chi connectivity index (χ3v) is 3.41. The third-order valence-electron chi connectivity index (χ3n) is 3.41. The van der Waals surface area contributed by atoms with Crippen molar-refractivity contribution < 1.29 is 9.90 Å². The normalized spacial score (nSPS) is 18.4. The largest absolute Gasteiger partial charge is 0.478 e. The fourth-order valence-corrected chi connectivity index (χ4v) is 2.19. The van der Waals surface area contributed by atoms with Gasteiger partial charge in [-0.25, -0.2) is 4.79 Å². The molecule has 0 saturated heterocycles. The van der Waals surface area contributed by atoms with Crippen LogP contribution in [-0.2, 0) is 4.79 Å². The van der Waals surface area contributed by atoms with Gasteiger partial charge in [-0.05, 0) is 57.6 Å². The Balaban J connectivity index is 2.62. The van der Waals surface area contributed by atoms with Crippen LogP contribution in [0, 0.1) is 0 Å². The SMILES string of the molecule is CC1=C(/C=C/C(C)=C\C=C\C(C)=C\C(=O)O)CCCC1. The number of allylic oxidation sites excluding steroid dienone is 9. The topological polar surface area (TPSA) is 37.3 Å². The smallest absolute Gasteiger partial charge is 0.328 e. The average Bonchev–Trinajstić information content (AvgIpc) is 2.37. The third kappa shape index (κ3) is 6.37. The molecule has 0 amide bonds. The molecule has 0 unspecified atom stereocenters. The molecule has 0 aliphatic heterocycles. The number of hydrogen-bond donors (Lipinski definition) is 1. The number of carbonyl (C=O) groups is 1. The van der Waals surface area contributed by atoms with Crippen molar-refractivity contribution in [3.05, 3.63) is 58.7 Å². The molecule has 2 heteroatoms. The maximum Gasteiger partial charge on any atom is 0.328 e. The lowest BCUT2D eigenvalue weighted by molar-refractivity contribution is -0.131. The standard InChI is InChI=1S/C18H24O2/c1-14(7-6-8-15(2)13-18(19)20)11-12-17-10-5-4-9-16(17)3/h6-8,11-13H,4-5,9-10H2,1-3H3,(H,19,20)/b8-6+,12-11+,14-7-,15-13+. The highest BCUT2D eigenvalue weighted by molar-refractivity contribution is 5.81. The molecule has 0 spiro atoms. The van der Waals surface area contributed by atoms with Crippen LogP contribution in [0.5, 0.6) is 0 Å². The first-order valence-corrected chi connectivity index (χ1v) is 7.12. The van der Waals surface area contributed by atoms with Crippen LogP contribution in [0.1, 0.15) is 46.5 Å². The summed E-state index contributed by atoms with van der Waals surface area (Å²) in [7, 11) is 0. The molecule has 1 aliphatic rings. The van der Waals surface area contributed by atoms with Crippen molar-refractivity contribution in [3.63, 3.8) is 0 Å². The second kappa shape index (κ2) is 8.36. The Morgan fingerprint density at radius 3 is 2.45 bits per heavy atom. The first-order valence-electron chi connectivity index (χ1n) is 7.12. The van der Waals surface area contributed by atoms with Gasteiger partial charge in [-0.1, -0.05) is 41.5 Å². The van der Waals surface area contributed by atoms with Gasteiger partial charge in [-0.15, -0.1) is 0 Å². The Morgan fingerprint density at radius 2 is 1.80 bits per heavy atom. The summed E-state index contributed by atoms with van der Waals surface area (Å²) < 4.78 is 0. The van der Waals surface area contributed by atoms with Crippen molar-refractivity contribution in [1.82, 2.24) is 0 Å². The predicted octanol–water partition coefficient (Wildman–Crippen LogP) is 4.97. The predicted molar refractivity (Wildman–Crippen MR) is 84.6 cm³/mol. The van der Waals surface area contributed by atoms with Crippen LogP contribution < -0.4 is 0 Å². The van der Waals surface area contributed by atoms with Gasteiger partial charge in [0.15, 0.2) is 0 Å². The molecule has 0 aromatic heterocycles. The molecule has 1 rings (SSSR count). The molecule has 0 radical (unpaired) electrons. The molecule has 0 atom stereocenters. The van der Waals surface area contributed by atoms with Gasteiger partial charge in [0, 0.05) is 6.08 Å². The number of aliphatic carboxylic acids is 1. The van der Waals surface area contributed by atoms with Crippen molar-refractivity contribution >= 4 is 5.97 Å². The molecule has 0 bridgehead atoms. The quantitative estimate of drug-likeness (QED) is 0.567. The van der Waals surface area contributed by atoms with Crippen molar-refractivity contribution in [1.29, 1.82) is 0 Å². The fourth-order valence-electron chi connectivity index (χ4n) is 2.19. The highest BCUT2D eigenvalue weighted by Gasteiger charge is 2.05. The molecule has 0 heterocycles. The van der Waals surface area contributed by atoms with Crippen molar-refractivity contribution in [2.24, 2.45) is 0 Å². The summed E-state index contributed by atoms with van der Waals surface area (Å²) in [5, 5.41) is 8.60. The van der Waals surface area contributed by atoms with E-state index in [2.05, 4.69) is 26.0 Å². The van der Waals surface area contributed by atoms with Crippen LogP contribution >= 0.6 is 0 Å². The zero-order valence-corrected chi connectivity index (χ0v) is 12.6.